The van der Waals surface area contributed by atoms with Crippen LogP contribution < -0.4 is 10.0 Å². The molecule has 0 radical (unpaired) electrons. The lowest BCUT2D eigenvalue weighted by atomic mass is 10.2. The molecule has 0 spiro atoms. The molecular weight excluding hydrogens is 248 g/mol. The zero-order valence-electron chi connectivity index (χ0n) is 10.6. The Labute approximate surface area is 109 Å². The lowest BCUT2D eigenvalue weighted by Crippen LogP contribution is -2.18. The molecule has 18 heavy (non-hydrogen) atoms. The van der Waals surface area contributed by atoms with Gasteiger partial charge in [-0.15, -0.1) is 0 Å². The van der Waals surface area contributed by atoms with Gasteiger partial charge in [0.25, 0.3) is 0 Å². The van der Waals surface area contributed by atoms with Crippen LogP contribution in [-0.4, -0.2) is 20.7 Å². The molecule has 100 valence electrons. The van der Waals surface area contributed by atoms with E-state index in [9.17, 15) is 8.42 Å². The number of hydrogen-bond donors (Lipinski definition) is 2. The highest BCUT2D eigenvalue weighted by Crippen LogP contribution is 2.30. The summed E-state index contributed by atoms with van der Waals surface area (Å²) in [6.07, 6.45) is 2.09. The third-order valence-corrected chi connectivity index (χ3v) is 4.39. The van der Waals surface area contributed by atoms with Gasteiger partial charge in [-0.05, 0) is 43.0 Å². The van der Waals surface area contributed by atoms with Crippen LogP contribution in [-0.2, 0) is 16.6 Å². The zero-order valence-corrected chi connectivity index (χ0v) is 11.5. The molecule has 0 atom stereocenters. The van der Waals surface area contributed by atoms with Crippen LogP contribution in [0.15, 0.2) is 24.3 Å². The van der Waals surface area contributed by atoms with Crippen molar-refractivity contribution in [3.8, 4) is 0 Å². The normalized spacial score (nSPS) is 15.6. The molecule has 0 bridgehead atoms. The van der Waals surface area contributed by atoms with Gasteiger partial charge in [-0.2, -0.15) is 0 Å². The first kappa shape index (κ1) is 13.4. The van der Waals surface area contributed by atoms with E-state index in [1.807, 2.05) is 25.1 Å². The van der Waals surface area contributed by atoms with Crippen LogP contribution in [0.1, 0.15) is 25.3 Å². The topological polar surface area (TPSA) is 58.2 Å². The molecule has 1 aromatic rings. The summed E-state index contributed by atoms with van der Waals surface area (Å²) in [4.78, 5) is 0. The molecule has 0 unspecified atom stereocenters. The Morgan fingerprint density at radius 3 is 2.78 bits per heavy atom. The second-order valence-electron chi connectivity index (χ2n) is 4.81. The summed E-state index contributed by atoms with van der Waals surface area (Å²) >= 11 is 0. The third-order valence-electron chi connectivity index (χ3n) is 2.93. The fourth-order valence-corrected chi connectivity index (χ4v) is 3.35. The summed E-state index contributed by atoms with van der Waals surface area (Å²) in [5, 5.41) is 3.22. The predicted molar refractivity (Wildman–Crippen MR) is 74.0 cm³/mol. The van der Waals surface area contributed by atoms with Crippen LogP contribution in [0, 0.1) is 5.92 Å². The van der Waals surface area contributed by atoms with Crippen LogP contribution >= 0.6 is 0 Å². The first-order valence-electron chi connectivity index (χ1n) is 6.39. The fourth-order valence-electron chi connectivity index (χ4n) is 1.83. The summed E-state index contributed by atoms with van der Waals surface area (Å²) in [6, 6.07) is 7.54. The molecule has 1 fully saturated rings. The quantitative estimate of drug-likeness (QED) is 0.794. The van der Waals surface area contributed by atoms with Gasteiger partial charge in [0, 0.05) is 12.2 Å². The molecule has 1 aliphatic carbocycles. The van der Waals surface area contributed by atoms with E-state index < -0.39 is 10.0 Å². The van der Waals surface area contributed by atoms with Gasteiger partial charge >= 0.3 is 0 Å². The molecule has 2 N–H and O–H groups in total. The number of anilines is 1. The van der Waals surface area contributed by atoms with Crippen LogP contribution in [0.2, 0.25) is 0 Å². The summed E-state index contributed by atoms with van der Waals surface area (Å²) < 4.78 is 26.3. The number of benzene rings is 1. The van der Waals surface area contributed by atoms with Crippen molar-refractivity contribution in [3.63, 3.8) is 0 Å². The number of rotatable bonds is 7. The van der Waals surface area contributed by atoms with Gasteiger partial charge in [-0.25, -0.2) is 8.42 Å². The minimum atomic E-state index is -3.18. The van der Waals surface area contributed by atoms with E-state index in [0.717, 1.165) is 31.5 Å². The summed E-state index contributed by atoms with van der Waals surface area (Å²) in [6.45, 7) is 3.70. The molecule has 4 nitrogen and oxygen atoms in total. The number of nitrogens with one attached hydrogen (secondary N) is 2. The fraction of sp³-hybridized carbons (Fsp3) is 0.538. The van der Waals surface area contributed by atoms with Crippen molar-refractivity contribution < 1.29 is 8.42 Å². The van der Waals surface area contributed by atoms with Crippen LogP contribution in [0.25, 0.3) is 0 Å². The first-order valence-corrected chi connectivity index (χ1v) is 8.04. The Hall–Kier alpha value is -1.07. The highest BCUT2D eigenvalue weighted by atomic mass is 32.2. The maximum Gasteiger partial charge on any atom is 0.232 e. The van der Waals surface area contributed by atoms with E-state index in [4.69, 9.17) is 0 Å². The molecule has 0 aromatic heterocycles. The van der Waals surface area contributed by atoms with E-state index in [1.54, 1.807) is 6.07 Å². The standard InChI is InChI=1S/C13H20N2O2S/c1-2-14-9-12-4-3-5-13(8-12)15-18(16,17)10-11-6-7-11/h3-5,8,11,14-15H,2,6-7,9-10H2,1H3. The van der Waals surface area contributed by atoms with Gasteiger partial charge < -0.3 is 5.32 Å². The molecule has 0 saturated heterocycles. The number of hydrogen-bond acceptors (Lipinski definition) is 3. The molecule has 1 aromatic carbocycles. The first-order chi connectivity index (χ1) is 8.59. The highest BCUT2D eigenvalue weighted by molar-refractivity contribution is 7.92. The van der Waals surface area contributed by atoms with Gasteiger partial charge in [0.05, 0.1) is 5.75 Å². The monoisotopic (exact) mass is 268 g/mol. The van der Waals surface area contributed by atoms with Crippen LogP contribution in [0.3, 0.4) is 0 Å². The third kappa shape index (κ3) is 4.31. The Bertz CT molecular complexity index is 495. The van der Waals surface area contributed by atoms with Crippen molar-refractivity contribution in [2.45, 2.75) is 26.3 Å². The Kier molecular flexibility index (Phi) is 4.24. The lowest BCUT2D eigenvalue weighted by Gasteiger charge is -2.09. The molecule has 5 heteroatoms. The highest BCUT2D eigenvalue weighted by Gasteiger charge is 2.27. The minimum absolute atomic E-state index is 0.254. The van der Waals surface area contributed by atoms with Crippen LogP contribution in [0.4, 0.5) is 5.69 Å². The molecule has 1 saturated carbocycles. The Balaban J connectivity index is 1.99. The summed E-state index contributed by atoms with van der Waals surface area (Å²) in [5.41, 5.74) is 1.74. The molecule has 0 heterocycles. The largest absolute Gasteiger partial charge is 0.313 e. The average molecular weight is 268 g/mol. The van der Waals surface area contributed by atoms with E-state index in [0.29, 0.717) is 11.6 Å². The van der Waals surface area contributed by atoms with Crippen molar-refractivity contribution in [2.75, 3.05) is 17.0 Å². The van der Waals surface area contributed by atoms with Crippen LogP contribution in [0.5, 0.6) is 0 Å². The summed E-state index contributed by atoms with van der Waals surface area (Å²) in [7, 11) is -3.18. The zero-order chi connectivity index (χ0) is 13.0. The average Bonchev–Trinajstić information content (AvgIpc) is 3.09. The maximum atomic E-state index is 11.8. The van der Waals surface area contributed by atoms with E-state index in [-0.39, 0.29) is 5.75 Å². The Morgan fingerprint density at radius 1 is 1.33 bits per heavy atom. The SMILES string of the molecule is CCNCc1cccc(NS(=O)(=O)CC2CC2)c1. The van der Waals surface area contributed by atoms with E-state index >= 15 is 0 Å². The van der Waals surface area contributed by atoms with Crippen molar-refractivity contribution in [1.82, 2.24) is 5.32 Å². The molecule has 2 rings (SSSR count). The summed E-state index contributed by atoms with van der Waals surface area (Å²) in [5.74, 6) is 0.622. The smallest absolute Gasteiger partial charge is 0.232 e. The molecular formula is C13H20N2O2S. The van der Waals surface area contributed by atoms with E-state index in [1.165, 1.54) is 0 Å². The van der Waals surface area contributed by atoms with E-state index in [2.05, 4.69) is 10.0 Å². The Morgan fingerprint density at radius 2 is 2.11 bits per heavy atom. The van der Waals surface area contributed by atoms with Crippen molar-refractivity contribution in [3.05, 3.63) is 29.8 Å². The van der Waals surface area contributed by atoms with Crippen molar-refractivity contribution >= 4 is 15.7 Å². The predicted octanol–water partition coefficient (Wildman–Crippen LogP) is 1.95. The minimum Gasteiger partial charge on any atom is -0.313 e. The second kappa shape index (κ2) is 5.71. The lowest BCUT2D eigenvalue weighted by molar-refractivity contribution is 0.597. The molecule has 0 aliphatic heterocycles. The van der Waals surface area contributed by atoms with Crippen molar-refractivity contribution in [2.24, 2.45) is 5.92 Å². The molecule has 0 amide bonds. The van der Waals surface area contributed by atoms with Gasteiger partial charge in [0.1, 0.15) is 0 Å². The van der Waals surface area contributed by atoms with Gasteiger partial charge in [0.15, 0.2) is 0 Å². The maximum absolute atomic E-state index is 11.8. The van der Waals surface area contributed by atoms with Gasteiger partial charge in [-0.1, -0.05) is 19.1 Å². The van der Waals surface area contributed by atoms with Gasteiger partial charge in [0.2, 0.25) is 10.0 Å². The second-order valence-corrected chi connectivity index (χ2v) is 6.57. The van der Waals surface area contributed by atoms with Gasteiger partial charge in [-0.3, -0.25) is 4.72 Å². The number of sulfonamides is 1. The van der Waals surface area contributed by atoms with Crippen molar-refractivity contribution in [1.29, 1.82) is 0 Å². The molecule has 1 aliphatic rings.